The molecule has 104 valence electrons. The summed E-state index contributed by atoms with van der Waals surface area (Å²) in [5.41, 5.74) is 7.14. The van der Waals surface area contributed by atoms with Crippen LogP contribution in [-0.2, 0) is 4.79 Å². The number of nitrogens with one attached hydrogen (secondary N) is 1. The highest BCUT2D eigenvalue weighted by Crippen LogP contribution is 2.19. The van der Waals surface area contributed by atoms with E-state index in [0.29, 0.717) is 11.6 Å². The molecule has 1 amide bonds. The molecule has 0 bridgehead atoms. The van der Waals surface area contributed by atoms with Gasteiger partial charge in [-0.15, -0.1) is 0 Å². The Hall–Kier alpha value is -1.55. The molecule has 1 fully saturated rings. The van der Waals surface area contributed by atoms with Crippen LogP contribution in [0.15, 0.2) is 24.3 Å². The molecule has 0 saturated carbocycles. The molecule has 1 aromatic carbocycles. The zero-order valence-corrected chi connectivity index (χ0v) is 11.7. The van der Waals surface area contributed by atoms with Crippen molar-refractivity contribution in [3.63, 3.8) is 0 Å². The van der Waals surface area contributed by atoms with Gasteiger partial charge in [0.05, 0.1) is 6.04 Å². The first-order valence-electron chi connectivity index (χ1n) is 6.96. The summed E-state index contributed by atoms with van der Waals surface area (Å²) in [4.78, 5) is 14.5. The number of hydrogen-bond acceptors (Lipinski definition) is 3. The van der Waals surface area contributed by atoms with Crippen molar-refractivity contribution in [2.45, 2.75) is 32.7 Å². The second-order valence-electron chi connectivity index (χ2n) is 5.53. The van der Waals surface area contributed by atoms with Gasteiger partial charge >= 0.3 is 0 Å². The molecule has 2 rings (SSSR count). The molecule has 1 aromatic rings. The van der Waals surface area contributed by atoms with Gasteiger partial charge in [-0.2, -0.15) is 0 Å². The highest BCUT2D eigenvalue weighted by molar-refractivity contribution is 5.94. The summed E-state index contributed by atoms with van der Waals surface area (Å²) in [5.74, 6) is 0.719. The molecule has 19 heavy (non-hydrogen) atoms. The van der Waals surface area contributed by atoms with Crippen LogP contribution in [0.3, 0.4) is 0 Å². The lowest BCUT2D eigenvalue weighted by Crippen LogP contribution is -2.46. The van der Waals surface area contributed by atoms with Crippen LogP contribution >= 0.6 is 0 Å². The molecule has 1 saturated heterocycles. The number of carbonyl (C=O) groups is 1. The average Bonchev–Trinajstić information content (AvgIpc) is 2.38. The first-order valence-corrected chi connectivity index (χ1v) is 6.96. The van der Waals surface area contributed by atoms with Gasteiger partial charge in [0, 0.05) is 17.9 Å². The maximum Gasteiger partial charge on any atom is 0.241 e. The smallest absolute Gasteiger partial charge is 0.241 e. The van der Waals surface area contributed by atoms with Crippen LogP contribution in [0.1, 0.15) is 26.7 Å². The quantitative estimate of drug-likeness (QED) is 0.821. The normalized spacial score (nSPS) is 21.9. The SMILES string of the molecule is CC1CCCN(C(C)C(=O)Nc2cccc(N)c2)C1. The molecule has 0 spiro atoms. The van der Waals surface area contributed by atoms with E-state index < -0.39 is 0 Å². The second-order valence-corrected chi connectivity index (χ2v) is 5.53. The fourth-order valence-corrected chi connectivity index (χ4v) is 2.61. The third-order valence-corrected chi connectivity index (χ3v) is 3.77. The fraction of sp³-hybridized carbons (Fsp3) is 0.533. The van der Waals surface area contributed by atoms with Crippen LogP contribution in [0.25, 0.3) is 0 Å². The third kappa shape index (κ3) is 3.70. The van der Waals surface area contributed by atoms with Crippen molar-refractivity contribution in [3.05, 3.63) is 24.3 Å². The number of piperidine rings is 1. The minimum absolute atomic E-state index is 0.0414. The number of benzene rings is 1. The van der Waals surface area contributed by atoms with Gasteiger partial charge < -0.3 is 11.1 Å². The molecule has 1 aliphatic rings. The summed E-state index contributed by atoms with van der Waals surface area (Å²) in [5, 5.41) is 2.93. The van der Waals surface area contributed by atoms with Crippen molar-refractivity contribution in [1.29, 1.82) is 0 Å². The van der Waals surface area contributed by atoms with E-state index in [2.05, 4.69) is 17.1 Å². The monoisotopic (exact) mass is 261 g/mol. The molecule has 2 unspecified atom stereocenters. The lowest BCUT2D eigenvalue weighted by molar-refractivity contribution is -0.121. The zero-order chi connectivity index (χ0) is 13.8. The predicted octanol–water partition coefficient (Wildman–Crippen LogP) is 2.33. The molecular weight excluding hydrogens is 238 g/mol. The van der Waals surface area contributed by atoms with Gasteiger partial charge in [-0.25, -0.2) is 0 Å². The van der Waals surface area contributed by atoms with Gasteiger partial charge in [0.25, 0.3) is 0 Å². The summed E-state index contributed by atoms with van der Waals surface area (Å²) in [7, 11) is 0. The molecule has 0 aliphatic carbocycles. The number of amides is 1. The van der Waals surface area contributed by atoms with E-state index in [-0.39, 0.29) is 11.9 Å². The number of rotatable bonds is 3. The van der Waals surface area contributed by atoms with Crippen LogP contribution in [0, 0.1) is 5.92 Å². The summed E-state index contributed by atoms with van der Waals surface area (Å²) in [6, 6.07) is 7.21. The van der Waals surface area contributed by atoms with Crippen molar-refractivity contribution in [2.75, 3.05) is 24.1 Å². The first-order chi connectivity index (χ1) is 9.06. The Morgan fingerprint density at radius 3 is 3.00 bits per heavy atom. The van der Waals surface area contributed by atoms with Crippen molar-refractivity contribution in [2.24, 2.45) is 5.92 Å². The Labute approximate surface area is 115 Å². The Balaban J connectivity index is 1.95. The summed E-state index contributed by atoms with van der Waals surface area (Å²) in [6.07, 6.45) is 2.44. The van der Waals surface area contributed by atoms with E-state index in [9.17, 15) is 4.79 Å². The number of nitrogen functional groups attached to an aromatic ring is 1. The summed E-state index contributed by atoms with van der Waals surface area (Å²) in [6.45, 7) is 6.23. The summed E-state index contributed by atoms with van der Waals surface area (Å²) >= 11 is 0. The maximum absolute atomic E-state index is 12.2. The Kier molecular flexibility index (Phi) is 4.43. The van der Waals surface area contributed by atoms with Crippen LogP contribution in [0.5, 0.6) is 0 Å². The van der Waals surface area contributed by atoms with E-state index in [0.717, 1.165) is 18.8 Å². The Morgan fingerprint density at radius 1 is 1.53 bits per heavy atom. The molecule has 4 nitrogen and oxygen atoms in total. The van der Waals surface area contributed by atoms with Crippen molar-refractivity contribution in [1.82, 2.24) is 4.90 Å². The highest BCUT2D eigenvalue weighted by atomic mass is 16.2. The van der Waals surface area contributed by atoms with Crippen LogP contribution in [0.2, 0.25) is 0 Å². The second kappa shape index (κ2) is 6.06. The maximum atomic E-state index is 12.2. The zero-order valence-electron chi connectivity index (χ0n) is 11.7. The number of anilines is 2. The molecule has 0 radical (unpaired) electrons. The van der Waals surface area contributed by atoms with Gasteiger partial charge in [0.1, 0.15) is 0 Å². The van der Waals surface area contributed by atoms with Gasteiger partial charge in [0.2, 0.25) is 5.91 Å². The van der Waals surface area contributed by atoms with Crippen molar-refractivity contribution in [3.8, 4) is 0 Å². The topological polar surface area (TPSA) is 58.4 Å². The number of nitrogens with two attached hydrogens (primary N) is 1. The highest BCUT2D eigenvalue weighted by Gasteiger charge is 2.25. The Morgan fingerprint density at radius 2 is 2.32 bits per heavy atom. The first kappa shape index (κ1) is 13.9. The van der Waals surface area contributed by atoms with Gasteiger partial charge in [-0.05, 0) is 50.4 Å². The van der Waals surface area contributed by atoms with Crippen molar-refractivity contribution >= 4 is 17.3 Å². The fourth-order valence-electron chi connectivity index (χ4n) is 2.61. The van der Waals surface area contributed by atoms with E-state index in [1.54, 1.807) is 6.07 Å². The Bertz CT molecular complexity index is 447. The van der Waals surface area contributed by atoms with E-state index in [4.69, 9.17) is 5.73 Å². The van der Waals surface area contributed by atoms with Crippen LogP contribution in [0.4, 0.5) is 11.4 Å². The molecule has 3 N–H and O–H groups in total. The minimum atomic E-state index is -0.0934. The molecule has 1 aliphatic heterocycles. The number of likely N-dealkylation sites (tertiary alicyclic amines) is 1. The predicted molar refractivity (Wildman–Crippen MR) is 78.9 cm³/mol. The van der Waals surface area contributed by atoms with Gasteiger partial charge in [0.15, 0.2) is 0 Å². The van der Waals surface area contributed by atoms with E-state index in [1.807, 2.05) is 25.1 Å². The van der Waals surface area contributed by atoms with Crippen LogP contribution in [-0.4, -0.2) is 29.9 Å². The minimum Gasteiger partial charge on any atom is -0.399 e. The molecule has 2 atom stereocenters. The largest absolute Gasteiger partial charge is 0.399 e. The number of nitrogens with zero attached hydrogens (tertiary/aromatic N) is 1. The van der Waals surface area contributed by atoms with E-state index >= 15 is 0 Å². The van der Waals surface area contributed by atoms with Gasteiger partial charge in [-0.3, -0.25) is 9.69 Å². The third-order valence-electron chi connectivity index (χ3n) is 3.77. The number of carbonyl (C=O) groups excluding carboxylic acids is 1. The van der Waals surface area contributed by atoms with Gasteiger partial charge in [-0.1, -0.05) is 13.0 Å². The van der Waals surface area contributed by atoms with Crippen molar-refractivity contribution < 1.29 is 4.79 Å². The molecule has 0 aromatic heterocycles. The molecule has 4 heteroatoms. The molecular formula is C15H23N3O. The standard InChI is InChI=1S/C15H23N3O/c1-11-5-4-8-18(10-11)12(2)15(19)17-14-7-3-6-13(16)9-14/h3,6-7,9,11-12H,4-5,8,10,16H2,1-2H3,(H,17,19). The number of hydrogen-bond donors (Lipinski definition) is 2. The summed E-state index contributed by atoms with van der Waals surface area (Å²) < 4.78 is 0. The molecule has 1 heterocycles. The van der Waals surface area contributed by atoms with E-state index in [1.165, 1.54) is 12.8 Å². The lowest BCUT2D eigenvalue weighted by Gasteiger charge is -2.34. The average molecular weight is 261 g/mol. The lowest BCUT2D eigenvalue weighted by atomic mass is 9.99. The van der Waals surface area contributed by atoms with Crippen LogP contribution < -0.4 is 11.1 Å².